The molecule has 0 aliphatic rings. The maximum absolute atomic E-state index is 13.5. The molecule has 1 aromatic carbocycles. The summed E-state index contributed by atoms with van der Waals surface area (Å²) in [6, 6.07) is 4.34. The van der Waals surface area contributed by atoms with Crippen LogP contribution < -0.4 is 0 Å². The molecular formula is C13H18ClFO2. The van der Waals surface area contributed by atoms with Crippen molar-refractivity contribution in [3.8, 4) is 0 Å². The Hall–Kier alpha value is -0.640. The fourth-order valence-corrected chi connectivity index (χ4v) is 2.00. The summed E-state index contributed by atoms with van der Waals surface area (Å²) >= 11 is 5.80. The van der Waals surface area contributed by atoms with E-state index in [1.807, 2.05) is 6.92 Å². The molecule has 1 aromatic rings. The van der Waals surface area contributed by atoms with Crippen LogP contribution in [-0.2, 0) is 11.2 Å². The quantitative estimate of drug-likeness (QED) is 0.851. The topological polar surface area (TPSA) is 29.5 Å². The molecule has 0 fully saturated rings. The molecule has 0 saturated heterocycles. The van der Waals surface area contributed by atoms with E-state index in [0.717, 1.165) is 12.8 Å². The van der Waals surface area contributed by atoms with E-state index in [2.05, 4.69) is 0 Å². The number of benzene rings is 1. The Morgan fingerprint density at radius 2 is 2.18 bits per heavy atom. The first-order chi connectivity index (χ1) is 8.08. The summed E-state index contributed by atoms with van der Waals surface area (Å²) in [5.74, 6) is -0.347. The molecule has 0 amide bonds. The smallest absolute Gasteiger partial charge is 0.126 e. The van der Waals surface area contributed by atoms with Crippen molar-refractivity contribution in [2.45, 2.75) is 38.4 Å². The monoisotopic (exact) mass is 260 g/mol. The van der Waals surface area contributed by atoms with Crippen molar-refractivity contribution in [2.24, 2.45) is 0 Å². The first-order valence-electron chi connectivity index (χ1n) is 5.73. The molecule has 0 heterocycles. The van der Waals surface area contributed by atoms with Gasteiger partial charge in [0.15, 0.2) is 0 Å². The highest BCUT2D eigenvalue weighted by Gasteiger charge is 2.19. The zero-order chi connectivity index (χ0) is 12.8. The van der Waals surface area contributed by atoms with E-state index in [0.29, 0.717) is 10.6 Å². The summed E-state index contributed by atoms with van der Waals surface area (Å²) in [7, 11) is 1.55. The van der Waals surface area contributed by atoms with Crippen LogP contribution >= 0.6 is 11.6 Å². The predicted molar refractivity (Wildman–Crippen MR) is 66.8 cm³/mol. The van der Waals surface area contributed by atoms with Gasteiger partial charge in [-0.3, -0.25) is 0 Å². The van der Waals surface area contributed by atoms with Gasteiger partial charge < -0.3 is 9.84 Å². The summed E-state index contributed by atoms with van der Waals surface area (Å²) < 4.78 is 18.7. The first kappa shape index (κ1) is 14.4. The lowest BCUT2D eigenvalue weighted by atomic mass is 10.0. The van der Waals surface area contributed by atoms with Gasteiger partial charge in [0, 0.05) is 18.6 Å². The van der Waals surface area contributed by atoms with Gasteiger partial charge in [-0.1, -0.05) is 24.9 Å². The van der Waals surface area contributed by atoms with E-state index >= 15 is 0 Å². The van der Waals surface area contributed by atoms with Crippen LogP contribution in [0.25, 0.3) is 0 Å². The number of methoxy groups -OCH3 is 1. The van der Waals surface area contributed by atoms with Gasteiger partial charge in [-0.15, -0.1) is 0 Å². The van der Waals surface area contributed by atoms with Crippen LogP contribution in [0, 0.1) is 5.82 Å². The van der Waals surface area contributed by atoms with Gasteiger partial charge >= 0.3 is 0 Å². The summed E-state index contributed by atoms with van der Waals surface area (Å²) in [4.78, 5) is 0. The molecule has 0 saturated carbocycles. The van der Waals surface area contributed by atoms with E-state index in [4.69, 9.17) is 16.3 Å². The zero-order valence-electron chi connectivity index (χ0n) is 10.1. The van der Waals surface area contributed by atoms with Gasteiger partial charge in [-0.05, 0) is 30.2 Å². The first-order valence-corrected chi connectivity index (χ1v) is 6.11. The number of halogens is 2. The second kappa shape index (κ2) is 6.94. The summed E-state index contributed by atoms with van der Waals surface area (Å²) in [5, 5.41) is 10.4. The molecule has 0 spiro atoms. The van der Waals surface area contributed by atoms with Gasteiger partial charge in [0.2, 0.25) is 0 Å². The normalized spacial score (nSPS) is 14.6. The molecule has 0 aliphatic heterocycles. The fraction of sp³-hybridized carbons (Fsp3) is 0.538. The summed E-state index contributed by atoms with van der Waals surface area (Å²) in [6.07, 6.45) is 0.893. The number of hydrogen-bond acceptors (Lipinski definition) is 2. The van der Waals surface area contributed by atoms with Gasteiger partial charge in [-0.25, -0.2) is 4.39 Å². The van der Waals surface area contributed by atoms with Crippen LogP contribution in [0.5, 0.6) is 0 Å². The molecule has 0 bridgehead atoms. The SMILES string of the molecule is CCCC(OC)C(O)Cc1cc(Cl)ccc1F. The van der Waals surface area contributed by atoms with Gasteiger partial charge in [0.25, 0.3) is 0 Å². The van der Waals surface area contributed by atoms with E-state index < -0.39 is 6.10 Å². The van der Waals surface area contributed by atoms with Crippen molar-refractivity contribution in [3.63, 3.8) is 0 Å². The van der Waals surface area contributed by atoms with Gasteiger partial charge in [-0.2, -0.15) is 0 Å². The summed E-state index contributed by atoms with van der Waals surface area (Å²) in [6.45, 7) is 2.01. The van der Waals surface area contributed by atoms with Gasteiger partial charge in [0.05, 0.1) is 12.2 Å². The standard InChI is InChI=1S/C13H18ClFO2/c1-3-4-13(17-2)12(16)8-9-7-10(14)5-6-11(9)15/h5-7,12-13,16H,3-4,8H2,1-2H3. The molecule has 4 heteroatoms. The molecule has 2 nitrogen and oxygen atoms in total. The van der Waals surface area contributed by atoms with Crippen molar-refractivity contribution in [1.82, 2.24) is 0 Å². The van der Waals surface area contributed by atoms with E-state index in [-0.39, 0.29) is 18.3 Å². The molecule has 1 N–H and O–H groups in total. The number of hydrogen-bond donors (Lipinski definition) is 1. The third-order valence-corrected chi connectivity index (χ3v) is 2.98. The zero-order valence-corrected chi connectivity index (χ0v) is 10.9. The third-order valence-electron chi connectivity index (χ3n) is 2.74. The average molecular weight is 261 g/mol. The maximum Gasteiger partial charge on any atom is 0.126 e. The Labute approximate surface area is 106 Å². The average Bonchev–Trinajstić information content (AvgIpc) is 2.30. The van der Waals surface area contributed by atoms with Crippen LogP contribution in [-0.4, -0.2) is 24.4 Å². The summed E-state index contributed by atoms with van der Waals surface area (Å²) in [5.41, 5.74) is 0.420. The Bertz CT molecular complexity index is 357. The van der Waals surface area contributed by atoms with E-state index in [1.54, 1.807) is 13.2 Å². The number of aliphatic hydroxyl groups excluding tert-OH is 1. The van der Waals surface area contributed by atoms with Crippen LogP contribution in [0.15, 0.2) is 18.2 Å². The van der Waals surface area contributed by atoms with E-state index in [9.17, 15) is 9.50 Å². The number of aliphatic hydroxyl groups is 1. The Morgan fingerprint density at radius 3 is 2.76 bits per heavy atom. The minimum absolute atomic E-state index is 0.213. The lowest BCUT2D eigenvalue weighted by Crippen LogP contribution is -2.30. The molecular weight excluding hydrogens is 243 g/mol. The highest BCUT2D eigenvalue weighted by molar-refractivity contribution is 6.30. The second-order valence-corrected chi connectivity index (χ2v) is 4.51. The van der Waals surface area contributed by atoms with Crippen molar-refractivity contribution in [2.75, 3.05) is 7.11 Å². The molecule has 2 unspecified atom stereocenters. The number of rotatable bonds is 6. The molecule has 96 valence electrons. The molecule has 0 aliphatic carbocycles. The fourth-order valence-electron chi connectivity index (χ4n) is 1.81. The second-order valence-electron chi connectivity index (χ2n) is 4.07. The highest BCUT2D eigenvalue weighted by atomic mass is 35.5. The van der Waals surface area contributed by atoms with Gasteiger partial charge in [0.1, 0.15) is 5.82 Å². The van der Waals surface area contributed by atoms with Crippen LogP contribution in [0.1, 0.15) is 25.3 Å². The molecule has 1 rings (SSSR count). The van der Waals surface area contributed by atoms with E-state index in [1.165, 1.54) is 12.1 Å². The van der Waals surface area contributed by atoms with Crippen molar-refractivity contribution >= 4 is 11.6 Å². The van der Waals surface area contributed by atoms with Crippen LogP contribution in [0.2, 0.25) is 5.02 Å². The van der Waals surface area contributed by atoms with Crippen LogP contribution in [0.4, 0.5) is 4.39 Å². The minimum Gasteiger partial charge on any atom is -0.390 e. The van der Waals surface area contributed by atoms with Crippen molar-refractivity contribution in [3.05, 3.63) is 34.6 Å². The lowest BCUT2D eigenvalue weighted by molar-refractivity contribution is -0.0162. The Morgan fingerprint density at radius 1 is 1.47 bits per heavy atom. The molecule has 2 atom stereocenters. The highest BCUT2D eigenvalue weighted by Crippen LogP contribution is 2.19. The largest absolute Gasteiger partial charge is 0.390 e. The predicted octanol–water partition coefficient (Wildman–Crippen LogP) is 3.20. The van der Waals surface area contributed by atoms with Crippen molar-refractivity contribution < 1.29 is 14.2 Å². The Balaban J connectivity index is 2.72. The third kappa shape index (κ3) is 4.26. The number of ether oxygens (including phenoxy) is 1. The maximum atomic E-state index is 13.5. The minimum atomic E-state index is -0.715. The van der Waals surface area contributed by atoms with Crippen LogP contribution in [0.3, 0.4) is 0 Å². The molecule has 0 aromatic heterocycles. The lowest BCUT2D eigenvalue weighted by Gasteiger charge is -2.21. The Kier molecular flexibility index (Phi) is 5.89. The van der Waals surface area contributed by atoms with Crippen molar-refractivity contribution in [1.29, 1.82) is 0 Å². The molecule has 0 radical (unpaired) electrons. The molecule has 17 heavy (non-hydrogen) atoms.